The van der Waals surface area contributed by atoms with E-state index >= 15 is 0 Å². The van der Waals surface area contributed by atoms with Gasteiger partial charge in [-0.15, -0.1) is 11.3 Å². The molecule has 0 unspecified atom stereocenters. The molecule has 1 N–H and O–H groups in total. The lowest BCUT2D eigenvalue weighted by molar-refractivity contribution is 0.102. The van der Waals surface area contributed by atoms with Gasteiger partial charge >= 0.3 is 0 Å². The van der Waals surface area contributed by atoms with Gasteiger partial charge in [0.2, 0.25) is 0 Å². The summed E-state index contributed by atoms with van der Waals surface area (Å²) in [6.07, 6.45) is 0. The molecule has 0 saturated carbocycles. The number of hydrogen-bond donors (Lipinski definition) is 1. The van der Waals surface area contributed by atoms with Crippen molar-refractivity contribution in [3.63, 3.8) is 0 Å². The molecule has 1 aromatic carbocycles. The van der Waals surface area contributed by atoms with Crippen molar-refractivity contribution in [2.45, 2.75) is 20.8 Å². The van der Waals surface area contributed by atoms with E-state index in [1.807, 2.05) is 32.9 Å². The lowest BCUT2D eigenvalue weighted by Gasteiger charge is -2.08. The van der Waals surface area contributed by atoms with Crippen molar-refractivity contribution in [1.82, 2.24) is 4.98 Å². The minimum absolute atomic E-state index is 0.192. The Hall–Kier alpha value is -1.39. The number of benzene rings is 1. The van der Waals surface area contributed by atoms with E-state index in [0.29, 0.717) is 10.7 Å². The van der Waals surface area contributed by atoms with E-state index in [2.05, 4.69) is 10.3 Å². The second kappa shape index (κ2) is 5.08. The molecular formula is C13H13ClN2OS. The first-order valence-corrected chi connectivity index (χ1v) is 6.69. The molecule has 0 saturated heterocycles. The Morgan fingerprint density at radius 2 is 2.06 bits per heavy atom. The summed E-state index contributed by atoms with van der Waals surface area (Å²) in [5, 5.41) is 4.37. The summed E-state index contributed by atoms with van der Waals surface area (Å²) in [6, 6.07) is 5.43. The molecule has 2 aromatic rings. The fourth-order valence-electron chi connectivity index (χ4n) is 1.66. The number of thiazole rings is 1. The molecule has 0 aliphatic carbocycles. The van der Waals surface area contributed by atoms with Crippen LogP contribution in [0.4, 0.5) is 5.69 Å². The highest BCUT2D eigenvalue weighted by molar-refractivity contribution is 7.11. The summed E-state index contributed by atoms with van der Waals surface area (Å²) in [5.74, 6) is -0.192. The van der Waals surface area contributed by atoms with Crippen molar-refractivity contribution in [2.75, 3.05) is 5.32 Å². The van der Waals surface area contributed by atoms with Crippen molar-refractivity contribution in [1.29, 1.82) is 0 Å². The van der Waals surface area contributed by atoms with Gasteiger partial charge in [-0.25, -0.2) is 4.98 Å². The Morgan fingerprint density at radius 3 is 2.67 bits per heavy atom. The average Bonchev–Trinajstić information content (AvgIpc) is 2.64. The summed E-state index contributed by atoms with van der Waals surface area (Å²) in [7, 11) is 0. The van der Waals surface area contributed by atoms with Crippen LogP contribution in [-0.2, 0) is 0 Å². The van der Waals surface area contributed by atoms with Gasteiger partial charge in [-0.05, 0) is 38.5 Å². The van der Waals surface area contributed by atoms with Crippen LogP contribution in [0.3, 0.4) is 0 Å². The van der Waals surface area contributed by atoms with Crippen LogP contribution in [0.2, 0.25) is 5.02 Å². The van der Waals surface area contributed by atoms with Crippen LogP contribution < -0.4 is 5.32 Å². The van der Waals surface area contributed by atoms with E-state index < -0.39 is 0 Å². The monoisotopic (exact) mass is 280 g/mol. The fourth-order valence-corrected chi connectivity index (χ4v) is 2.65. The van der Waals surface area contributed by atoms with Gasteiger partial charge in [-0.2, -0.15) is 0 Å². The lowest BCUT2D eigenvalue weighted by Crippen LogP contribution is -2.14. The van der Waals surface area contributed by atoms with Crippen LogP contribution in [0.1, 0.15) is 25.9 Å². The second-order valence-electron chi connectivity index (χ2n) is 4.00. The van der Waals surface area contributed by atoms with Crippen LogP contribution in [0.5, 0.6) is 0 Å². The maximum absolute atomic E-state index is 12.1. The number of aromatic nitrogens is 1. The maximum atomic E-state index is 12.1. The number of halogens is 1. The molecule has 0 aliphatic heterocycles. The van der Waals surface area contributed by atoms with Gasteiger partial charge in [-0.1, -0.05) is 17.7 Å². The predicted octanol–water partition coefficient (Wildman–Crippen LogP) is 3.97. The maximum Gasteiger partial charge on any atom is 0.275 e. The number of hydrogen-bond acceptors (Lipinski definition) is 3. The van der Waals surface area contributed by atoms with E-state index in [1.54, 1.807) is 6.07 Å². The predicted molar refractivity (Wildman–Crippen MR) is 75.7 cm³/mol. The molecular weight excluding hydrogens is 268 g/mol. The Kier molecular flexibility index (Phi) is 3.68. The molecule has 1 heterocycles. The number of carbonyl (C=O) groups is 1. The van der Waals surface area contributed by atoms with Crippen molar-refractivity contribution in [3.8, 4) is 0 Å². The van der Waals surface area contributed by atoms with Crippen LogP contribution in [0.25, 0.3) is 0 Å². The summed E-state index contributed by atoms with van der Waals surface area (Å²) >= 11 is 7.53. The zero-order valence-electron chi connectivity index (χ0n) is 10.4. The highest BCUT2D eigenvalue weighted by atomic mass is 35.5. The van der Waals surface area contributed by atoms with Gasteiger partial charge in [0.25, 0.3) is 5.91 Å². The minimum atomic E-state index is -0.192. The molecule has 3 nitrogen and oxygen atoms in total. The normalized spacial score (nSPS) is 10.4. The number of aryl methyl sites for hydroxylation is 2. The fraction of sp³-hybridized carbons (Fsp3) is 0.231. The van der Waals surface area contributed by atoms with Crippen LogP contribution in [0, 0.1) is 20.8 Å². The van der Waals surface area contributed by atoms with Crippen molar-refractivity contribution >= 4 is 34.5 Å². The molecule has 1 amide bonds. The van der Waals surface area contributed by atoms with Crippen molar-refractivity contribution in [2.24, 2.45) is 0 Å². The third-order valence-electron chi connectivity index (χ3n) is 2.63. The molecule has 1 aromatic heterocycles. The van der Waals surface area contributed by atoms with Crippen LogP contribution >= 0.6 is 22.9 Å². The van der Waals surface area contributed by atoms with E-state index in [-0.39, 0.29) is 5.91 Å². The summed E-state index contributed by atoms with van der Waals surface area (Å²) in [6.45, 7) is 5.65. The number of nitrogens with one attached hydrogen (secondary N) is 1. The molecule has 0 atom stereocenters. The summed E-state index contributed by atoms with van der Waals surface area (Å²) in [5.41, 5.74) is 2.06. The Labute approximate surface area is 115 Å². The average molecular weight is 281 g/mol. The highest BCUT2D eigenvalue weighted by Gasteiger charge is 2.15. The third-order valence-corrected chi connectivity index (χ3v) is 3.93. The second-order valence-corrected chi connectivity index (χ2v) is 5.82. The topological polar surface area (TPSA) is 42.0 Å². The van der Waals surface area contributed by atoms with E-state index in [1.165, 1.54) is 11.3 Å². The van der Waals surface area contributed by atoms with Gasteiger partial charge in [0, 0.05) is 15.6 Å². The van der Waals surface area contributed by atoms with E-state index in [0.717, 1.165) is 21.1 Å². The summed E-state index contributed by atoms with van der Waals surface area (Å²) in [4.78, 5) is 17.3. The molecule has 0 radical (unpaired) electrons. The van der Waals surface area contributed by atoms with E-state index in [9.17, 15) is 4.79 Å². The Balaban J connectivity index is 2.27. The van der Waals surface area contributed by atoms with Crippen LogP contribution in [-0.4, -0.2) is 10.9 Å². The standard InChI is InChI=1S/C13H13ClN2OS/c1-7-10(14)5-4-6-11(7)16-13(17)12-8(2)18-9(3)15-12/h4-6H,1-3H3,(H,16,17). The molecule has 94 valence electrons. The van der Waals surface area contributed by atoms with Crippen molar-refractivity contribution < 1.29 is 4.79 Å². The smallest absolute Gasteiger partial charge is 0.275 e. The number of amides is 1. The number of rotatable bonds is 2. The SMILES string of the molecule is Cc1nc(C(=O)Nc2cccc(Cl)c2C)c(C)s1. The first-order valence-electron chi connectivity index (χ1n) is 5.49. The first kappa shape index (κ1) is 13.1. The minimum Gasteiger partial charge on any atom is -0.320 e. The highest BCUT2D eigenvalue weighted by Crippen LogP contribution is 2.24. The molecule has 0 aliphatic rings. The molecule has 5 heteroatoms. The van der Waals surface area contributed by atoms with Gasteiger partial charge in [0.05, 0.1) is 5.01 Å². The van der Waals surface area contributed by atoms with Crippen molar-refractivity contribution in [3.05, 3.63) is 44.4 Å². The quantitative estimate of drug-likeness (QED) is 0.904. The Bertz CT molecular complexity index is 607. The number of anilines is 1. The van der Waals surface area contributed by atoms with Gasteiger partial charge < -0.3 is 5.32 Å². The van der Waals surface area contributed by atoms with E-state index in [4.69, 9.17) is 11.6 Å². The molecule has 18 heavy (non-hydrogen) atoms. The number of nitrogens with zero attached hydrogens (tertiary/aromatic N) is 1. The van der Waals surface area contributed by atoms with Crippen LogP contribution in [0.15, 0.2) is 18.2 Å². The molecule has 0 spiro atoms. The Morgan fingerprint density at radius 1 is 1.33 bits per heavy atom. The van der Waals surface area contributed by atoms with Gasteiger partial charge in [-0.3, -0.25) is 4.79 Å². The molecule has 0 bridgehead atoms. The lowest BCUT2D eigenvalue weighted by atomic mass is 10.2. The zero-order valence-corrected chi connectivity index (χ0v) is 11.9. The molecule has 0 fully saturated rings. The van der Waals surface area contributed by atoms with Gasteiger partial charge in [0.15, 0.2) is 0 Å². The largest absolute Gasteiger partial charge is 0.320 e. The third kappa shape index (κ3) is 2.54. The first-order chi connectivity index (χ1) is 8.49. The zero-order chi connectivity index (χ0) is 13.3. The number of carbonyl (C=O) groups excluding carboxylic acids is 1. The molecule has 2 rings (SSSR count). The summed E-state index contributed by atoms with van der Waals surface area (Å²) < 4.78 is 0. The van der Waals surface area contributed by atoms with Gasteiger partial charge in [0.1, 0.15) is 5.69 Å².